The van der Waals surface area contributed by atoms with Gasteiger partial charge in [0, 0.05) is 32.8 Å². The quantitative estimate of drug-likeness (QED) is 0.835. The molecule has 0 radical (unpaired) electrons. The minimum absolute atomic E-state index is 0.0996. The first-order valence-electron chi connectivity index (χ1n) is 6.78. The summed E-state index contributed by atoms with van der Waals surface area (Å²) in [4.78, 5) is 16.4. The van der Waals surface area contributed by atoms with Crippen molar-refractivity contribution in [1.29, 1.82) is 0 Å². The summed E-state index contributed by atoms with van der Waals surface area (Å²) in [6.45, 7) is 4.75. The Balaban J connectivity index is 2.52. The molecule has 2 heterocycles. The van der Waals surface area contributed by atoms with E-state index in [0.29, 0.717) is 9.88 Å². The van der Waals surface area contributed by atoms with Gasteiger partial charge in [-0.1, -0.05) is 0 Å². The molecule has 1 aliphatic heterocycles. The predicted octanol–water partition coefficient (Wildman–Crippen LogP) is 1.08. The molecular weight excluding hydrogens is 310 g/mol. The average Bonchev–Trinajstić information content (AvgIpc) is 2.56. The van der Waals surface area contributed by atoms with Crippen molar-refractivity contribution in [2.24, 2.45) is 0 Å². The Kier molecular flexibility index (Phi) is 4.60. The first-order chi connectivity index (χ1) is 9.71. The van der Waals surface area contributed by atoms with Gasteiger partial charge in [0.25, 0.3) is 0 Å². The van der Waals surface area contributed by atoms with Crippen LogP contribution >= 0.6 is 11.3 Å². The minimum atomic E-state index is -3.47. The molecule has 1 aromatic rings. The number of carbonyl (C=O) groups is 1. The zero-order valence-corrected chi connectivity index (χ0v) is 14.2. The van der Waals surface area contributed by atoms with Crippen LogP contribution in [0.3, 0.4) is 0 Å². The van der Waals surface area contributed by atoms with E-state index in [2.05, 4.69) is 4.90 Å². The van der Waals surface area contributed by atoms with E-state index >= 15 is 0 Å². The lowest BCUT2D eigenvalue weighted by molar-refractivity contribution is 0.102. The predicted molar refractivity (Wildman–Crippen MR) is 86.2 cm³/mol. The second-order valence-corrected chi connectivity index (χ2v) is 8.40. The van der Waals surface area contributed by atoms with Crippen molar-refractivity contribution in [3.63, 3.8) is 0 Å². The molecule has 0 aliphatic carbocycles. The summed E-state index contributed by atoms with van der Waals surface area (Å²) in [6.07, 6.45) is 2.09. The van der Waals surface area contributed by atoms with Gasteiger partial charge in [-0.3, -0.25) is 4.79 Å². The van der Waals surface area contributed by atoms with Crippen molar-refractivity contribution < 1.29 is 13.2 Å². The number of ketones is 1. The van der Waals surface area contributed by atoms with E-state index in [-0.39, 0.29) is 16.4 Å². The van der Waals surface area contributed by atoms with Gasteiger partial charge in [0.15, 0.2) is 15.6 Å². The van der Waals surface area contributed by atoms with Gasteiger partial charge >= 0.3 is 0 Å². The summed E-state index contributed by atoms with van der Waals surface area (Å²) >= 11 is 1.19. The molecule has 1 fully saturated rings. The van der Waals surface area contributed by atoms with Gasteiger partial charge in [-0.2, -0.15) is 0 Å². The molecule has 0 unspecified atom stereocenters. The fourth-order valence-electron chi connectivity index (χ4n) is 2.49. The van der Waals surface area contributed by atoms with Gasteiger partial charge in [-0.15, -0.1) is 11.3 Å². The molecule has 118 valence electrons. The van der Waals surface area contributed by atoms with Crippen LogP contribution in [0.5, 0.6) is 0 Å². The standard InChI is InChI=1S/C13H21N3O3S2/c1-9(17)11-10(14)12(21(3,18)19)13(20-11)16-6-4-5-15(2)7-8-16/h4-8,14H2,1-3H3. The Hall–Kier alpha value is -1.12. The summed E-state index contributed by atoms with van der Waals surface area (Å²) < 4.78 is 24.2. The number of carbonyl (C=O) groups excluding carboxylic acids is 1. The first-order valence-corrected chi connectivity index (χ1v) is 9.49. The number of sulfone groups is 1. The number of nitrogen functional groups attached to an aromatic ring is 1. The van der Waals surface area contributed by atoms with Crippen LogP contribution in [0, 0.1) is 0 Å². The normalized spacial score (nSPS) is 17.8. The van der Waals surface area contributed by atoms with E-state index in [1.54, 1.807) is 0 Å². The van der Waals surface area contributed by atoms with Gasteiger partial charge < -0.3 is 15.5 Å². The van der Waals surface area contributed by atoms with Gasteiger partial charge in [0.1, 0.15) is 9.90 Å². The number of nitrogens with zero attached hydrogens (tertiary/aromatic N) is 2. The molecular formula is C13H21N3O3S2. The third-order valence-corrected chi connectivity index (χ3v) is 6.23. The average molecular weight is 331 g/mol. The molecule has 8 heteroatoms. The van der Waals surface area contributed by atoms with Crippen LogP contribution in [0.4, 0.5) is 10.7 Å². The zero-order chi connectivity index (χ0) is 15.8. The third kappa shape index (κ3) is 3.38. The molecule has 0 aromatic carbocycles. The van der Waals surface area contributed by atoms with Crippen LogP contribution in [0.2, 0.25) is 0 Å². The molecule has 2 N–H and O–H groups in total. The topological polar surface area (TPSA) is 83.7 Å². The van der Waals surface area contributed by atoms with Crippen LogP contribution in [0.15, 0.2) is 4.90 Å². The second-order valence-electron chi connectivity index (χ2n) is 5.45. The molecule has 0 atom stereocenters. The Bertz CT molecular complexity index is 652. The first kappa shape index (κ1) is 16.3. The second kappa shape index (κ2) is 5.94. The number of likely N-dealkylation sites (N-methyl/N-ethyl adjacent to an activating group) is 1. The number of anilines is 2. The Labute approximate surface area is 129 Å². The lowest BCUT2D eigenvalue weighted by Gasteiger charge is -2.22. The smallest absolute Gasteiger partial charge is 0.180 e. The molecule has 1 saturated heterocycles. The lowest BCUT2D eigenvalue weighted by Crippen LogP contribution is -2.29. The van der Waals surface area contributed by atoms with Crippen molar-refractivity contribution in [2.45, 2.75) is 18.2 Å². The van der Waals surface area contributed by atoms with Crippen molar-refractivity contribution in [3.05, 3.63) is 4.88 Å². The summed E-state index contributed by atoms with van der Waals surface area (Å²) in [7, 11) is -1.43. The fraction of sp³-hybridized carbons (Fsp3) is 0.615. The molecule has 0 spiro atoms. The van der Waals surface area contributed by atoms with E-state index in [0.717, 1.165) is 38.9 Å². The van der Waals surface area contributed by atoms with Gasteiger partial charge in [-0.25, -0.2) is 8.42 Å². The SMILES string of the molecule is CC(=O)c1sc(N2CCCN(C)CC2)c(S(C)(=O)=O)c1N. The lowest BCUT2D eigenvalue weighted by atomic mass is 10.3. The number of thiophene rings is 1. The summed E-state index contributed by atoms with van der Waals surface area (Å²) in [5.41, 5.74) is 6.04. The molecule has 0 saturated carbocycles. The fourth-order valence-corrected chi connectivity index (χ4v) is 5.15. The van der Waals surface area contributed by atoms with Gasteiger partial charge in [0.05, 0.1) is 10.6 Å². The highest BCUT2D eigenvalue weighted by Crippen LogP contribution is 2.41. The molecule has 1 aromatic heterocycles. The Morgan fingerprint density at radius 2 is 1.90 bits per heavy atom. The van der Waals surface area contributed by atoms with Crippen LogP contribution < -0.4 is 10.6 Å². The van der Waals surface area contributed by atoms with Crippen LogP contribution in [-0.4, -0.2) is 58.6 Å². The van der Waals surface area contributed by atoms with Crippen LogP contribution in [-0.2, 0) is 9.84 Å². The van der Waals surface area contributed by atoms with E-state index < -0.39 is 9.84 Å². The Morgan fingerprint density at radius 1 is 1.24 bits per heavy atom. The number of nitrogens with two attached hydrogens (primary N) is 1. The number of rotatable bonds is 3. The maximum absolute atomic E-state index is 12.1. The van der Waals surface area contributed by atoms with E-state index in [9.17, 15) is 13.2 Å². The molecule has 0 amide bonds. The third-order valence-electron chi connectivity index (χ3n) is 3.58. The van der Waals surface area contributed by atoms with E-state index in [4.69, 9.17) is 5.73 Å². The zero-order valence-electron chi connectivity index (χ0n) is 12.5. The van der Waals surface area contributed by atoms with Crippen molar-refractivity contribution in [2.75, 3.05) is 50.1 Å². The number of Topliss-reactive ketones (excluding diaryl/α,β-unsaturated/α-hetero) is 1. The van der Waals surface area contributed by atoms with Gasteiger partial charge in [0.2, 0.25) is 0 Å². The van der Waals surface area contributed by atoms with Crippen LogP contribution in [0.25, 0.3) is 0 Å². The molecule has 2 rings (SSSR count). The molecule has 1 aliphatic rings. The van der Waals surface area contributed by atoms with Crippen LogP contribution in [0.1, 0.15) is 23.0 Å². The maximum Gasteiger partial charge on any atom is 0.180 e. The van der Waals surface area contributed by atoms with E-state index in [1.165, 1.54) is 18.3 Å². The number of hydrogen-bond acceptors (Lipinski definition) is 7. The molecule has 6 nitrogen and oxygen atoms in total. The number of hydrogen-bond donors (Lipinski definition) is 1. The van der Waals surface area contributed by atoms with Gasteiger partial charge in [-0.05, 0) is 20.0 Å². The van der Waals surface area contributed by atoms with E-state index in [1.807, 2.05) is 11.9 Å². The highest BCUT2D eigenvalue weighted by atomic mass is 32.2. The molecule has 21 heavy (non-hydrogen) atoms. The minimum Gasteiger partial charge on any atom is -0.396 e. The molecule has 0 bridgehead atoms. The van der Waals surface area contributed by atoms with Crippen molar-refractivity contribution in [1.82, 2.24) is 4.90 Å². The van der Waals surface area contributed by atoms with Crippen molar-refractivity contribution >= 4 is 37.6 Å². The maximum atomic E-state index is 12.1. The monoisotopic (exact) mass is 331 g/mol. The highest BCUT2D eigenvalue weighted by molar-refractivity contribution is 7.91. The Morgan fingerprint density at radius 3 is 2.48 bits per heavy atom. The summed E-state index contributed by atoms with van der Waals surface area (Å²) in [5, 5.41) is 0.607. The highest BCUT2D eigenvalue weighted by Gasteiger charge is 2.29. The summed E-state index contributed by atoms with van der Waals surface area (Å²) in [6, 6.07) is 0. The summed E-state index contributed by atoms with van der Waals surface area (Å²) in [5.74, 6) is -0.194. The largest absolute Gasteiger partial charge is 0.396 e. The van der Waals surface area contributed by atoms with Crippen molar-refractivity contribution in [3.8, 4) is 0 Å².